The van der Waals surface area contributed by atoms with E-state index in [1.54, 1.807) is 12.1 Å². The van der Waals surface area contributed by atoms with Gasteiger partial charge < -0.3 is 4.74 Å². The Labute approximate surface area is 118 Å². The van der Waals surface area contributed by atoms with E-state index in [9.17, 15) is 18.0 Å². The first-order valence-electron chi connectivity index (χ1n) is 6.00. The highest BCUT2D eigenvalue weighted by molar-refractivity contribution is 7.89. The maximum atomic E-state index is 11.9. The summed E-state index contributed by atoms with van der Waals surface area (Å²) in [4.78, 5) is 22.4. The third-order valence-electron chi connectivity index (χ3n) is 2.63. The molecule has 0 saturated heterocycles. The molecule has 1 aromatic rings. The summed E-state index contributed by atoms with van der Waals surface area (Å²) in [6, 6.07) is 6.29. The van der Waals surface area contributed by atoms with Crippen molar-refractivity contribution in [2.24, 2.45) is 0 Å². The zero-order valence-electron chi connectivity index (χ0n) is 11.4. The highest BCUT2D eigenvalue weighted by atomic mass is 32.2. The summed E-state index contributed by atoms with van der Waals surface area (Å²) in [5, 5.41) is 0. The Kier molecular flexibility index (Phi) is 5.84. The molecule has 0 amide bonds. The summed E-state index contributed by atoms with van der Waals surface area (Å²) >= 11 is 0. The monoisotopic (exact) mass is 299 g/mol. The van der Waals surface area contributed by atoms with Gasteiger partial charge in [-0.2, -0.15) is 0 Å². The van der Waals surface area contributed by atoms with E-state index in [0.717, 1.165) is 5.56 Å². The molecule has 0 heterocycles. The molecule has 7 heteroatoms. The van der Waals surface area contributed by atoms with Crippen molar-refractivity contribution >= 4 is 21.8 Å². The van der Waals surface area contributed by atoms with Crippen LogP contribution in [0.25, 0.3) is 0 Å². The van der Waals surface area contributed by atoms with Crippen LogP contribution in [-0.2, 0) is 24.3 Å². The lowest BCUT2D eigenvalue weighted by Gasteiger charge is -2.06. The Bertz CT molecular complexity index is 577. The van der Waals surface area contributed by atoms with Gasteiger partial charge in [0.25, 0.3) is 0 Å². The van der Waals surface area contributed by atoms with Crippen LogP contribution in [0.2, 0.25) is 0 Å². The van der Waals surface area contributed by atoms with Gasteiger partial charge in [-0.05, 0) is 19.1 Å². The van der Waals surface area contributed by atoms with Crippen LogP contribution >= 0.6 is 0 Å². The van der Waals surface area contributed by atoms with Gasteiger partial charge in [0, 0.05) is 6.42 Å². The molecular weight excluding hydrogens is 282 g/mol. The number of aryl methyl sites for hydroxylation is 1. The average Bonchev–Trinajstić information content (AvgIpc) is 2.43. The molecule has 0 aliphatic rings. The lowest BCUT2D eigenvalue weighted by molar-refractivity contribution is -0.141. The van der Waals surface area contributed by atoms with E-state index in [1.807, 2.05) is 6.92 Å². The van der Waals surface area contributed by atoms with Crippen LogP contribution in [0.5, 0.6) is 0 Å². The van der Waals surface area contributed by atoms with Crippen molar-refractivity contribution in [2.75, 3.05) is 13.7 Å². The van der Waals surface area contributed by atoms with Crippen molar-refractivity contribution < 1.29 is 22.7 Å². The first-order valence-corrected chi connectivity index (χ1v) is 7.48. The number of ether oxygens (including phenoxy) is 1. The van der Waals surface area contributed by atoms with Crippen LogP contribution in [0.4, 0.5) is 0 Å². The minimum absolute atomic E-state index is 0.0525. The van der Waals surface area contributed by atoms with Crippen LogP contribution < -0.4 is 4.72 Å². The molecule has 0 radical (unpaired) electrons. The molecule has 110 valence electrons. The fourth-order valence-corrected chi connectivity index (χ4v) is 2.42. The molecule has 20 heavy (non-hydrogen) atoms. The van der Waals surface area contributed by atoms with E-state index >= 15 is 0 Å². The van der Waals surface area contributed by atoms with E-state index in [-0.39, 0.29) is 30.1 Å². The van der Waals surface area contributed by atoms with Gasteiger partial charge in [-0.25, -0.2) is 13.1 Å². The van der Waals surface area contributed by atoms with Crippen molar-refractivity contribution in [1.29, 1.82) is 0 Å². The molecule has 1 rings (SSSR count). The Morgan fingerprint density at radius 1 is 1.15 bits per heavy atom. The van der Waals surface area contributed by atoms with Crippen molar-refractivity contribution in [1.82, 2.24) is 4.72 Å². The fourth-order valence-electron chi connectivity index (χ4n) is 1.41. The molecule has 0 spiro atoms. The topological polar surface area (TPSA) is 89.5 Å². The summed E-state index contributed by atoms with van der Waals surface area (Å²) in [6.07, 6.45) is -0.106. The third kappa shape index (κ3) is 5.10. The lowest BCUT2D eigenvalue weighted by atomic mass is 10.2. The summed E-state index contributed by atoms with van der Waals surface area (Å²) in [5.41, 5.74) is 0.943. The fraction of sp³-hybridized carbons (Fsp3) is 0.385. The van der Waals surface area contributed by atoms with Crippen molar-refractivity contribution in [3.05, 3.63) is 29.8 Å². The second-order valence-corrected chi connectivity index (χ2v) is 6.02. The second kappa shape index (κ2) is 7.16. The number of ketones is 1. The Morgan fingerprint density at radius 3 is 2.30 bits per heavy atom. The molecule has 0 unspecified atom stereocenters. The van der Waals surface area contributed by atoms with Crippen LogP contribution in [0, 0.1) is 6.92 Å². The zero-order valence-corrected chi connectivity index (χ0v) is 12.2. The Balaban J connectivity index is 2.53. The molecule has 0 atom stereocenters. The van der Waals surface area contributed by atoms with E-state index < -0.39 is 16.0 Å². The molecule has 1 N–H and O–H groups in total. The van der Waals surface area contributed by atoms with E-state index in [0.29, 0.717) is 0 Å². The first kappa shape index (κ1) is 16.3. The highest BCUT2D eigenvalue weighted by Crippen LogP contribution is 2.09. The van der Waals surface area contributed by atoms with Gasteiger partial charge in [-0.15, -0.1) is 0 Å². The van der Waals surface area contributed by atoms with Crippen LogP contribution in [0.1, 0.15) is 18.4 Å². The number of carbonyl (C=O) groups excluding carboxylic acids is 2. The largest absolute Gasteiger partial charge is 0.469 e. The van der Waals surface area contributed by atoms with Crippen LogP contribution in [-0.4, -0.2) is 33.8 Å². The summed E-state index contributed by atoms with van der Waals surface area (Å²) in [7, 11) is -2.47. The maximum Gasteiger partial charge on any atom is 0.305 e. The normalized spacial score (nSPS) is 11.1. The predicted molar refractivity (Wildman–Crippen MR) is 72.6 cm³/mol. The molecule has 0 aliphatic heterocycles. The molecule has 0 aliphatic carbocycles. The quantitative estimate of drug-likeness (QED) is 0.752. The number of rotatable bonds is 7. The van der Waals surface area contributed by atoms with Gasteiger partial charge in [-0.1, -0.05) is 17.7 Å². The van der Waals surface area contributed by atoms with Gasteiger partial charge in [-0.3, -0.25) is 9.59 Å². The number of hydrogen-bond donors (Lipinski definition) is 1. The molecule has 0 saturated carbocycles. The number of benzene rings is 1. The van der Waals surface area contributed by atoms with Crippen LogP contribution in [0.3, 0.4) is 0 Å². The Morgan fingerprint density at radius 2 is 1.75 bits per heavy atom. The zero-order chi connectivity index (χ0) is 15.2. The van der Waals surface area contributed by atoms with Gasteiger partial charge >= 0.3 is 5.97 Å². The number of nitrogens with one attached hydrogen (secondary N) is 1. The van der Waals surface area contributed by atoms with Crippen molar-refractivity contribution in [3.8, 4) is 0 Å². The van der Waals surface area contributed by atoms with E-state index in [4.69, 9.17) is 0 Å². The average molecular weight is 299 g/mol. The number of methoxy groups -OCH3 is 1. The number of Topliss-reactive ketones (excluding diaryl/α,β-unsaturated/α-hetero) is 1. The number of hydrogen-bond acceptors (Lipinski definition) is 5. The number of carbonyl (C=O) groups is 2. The molecular formula is C13H17NO5S. The highest BCUT2D eigenvalue weighted by Gasteiger charge is 2.15. The molecule has 6 nitrogen and oxygen atoms in total. The standard InChI is InChI=1S/C13H17NO5S/c1-10-3-6-12(7-4-10)20(17,18)14-9-11(15)5-8-13(16)19-2/h3-4,6-7,14H,5,8-9H2,1-2H3. The first-order chi connectivity index (χ1) is 9.35. The maximum absolute atomic E-state index is 11.9. The summed E-state index contributed by atoms with van der Waals surface area (Å²) < 4.78 is 30.4. The summed E-state index contributed by atoms with van der Waals surface area (Å²) in [5.74, 6) is -0.870. The summed E-state index contributed by atoms with van der Waals surface area (Å²) in [6.45, 7) is 1.51. The number of sulfonamides is 1. The molecule has 0 bridgehead atoms. The van der Waals surface area contributed by atoms with Crippen molar-refractivity contribution in [2.45, 2.75) is 24.7 Å². The van der Waals surface area contributed by atoms with Gasteiger partial charge in [0.2, 0.25) is 10.0 Å². The molecule has 0 fully saturated rings. The third-order valence-corrected chi connectivity index (χ3v) is 4.04. The van der Waals surface area contributed by atoms with Gasteiger partial charge in [0.15, 0.2) is 0 Å². The number of esters is 1. The Hall–Kier alpha value is -1.73. The van der Waals surface area contributed by atoms with Crippen LogP contribution in [0.15, 0.2) is 29.2 Å². The van der Waals surface area contributed by atoms with Crippen molar-refractivity contribution in [3.63, 3.8) is 0 Å². The minimum atomic E-state index is -3.70. The smallest absolute Gasteiger partial charge is 0.305 e. The van der Waals surface area contributed by atoms with E-state index in [1.165, 1.54) is 19.2 Å². The van der Waals surface area contributed by atoms with E-state index in [2.05, 4.69) is 9.46 Å². The lowest BCUT2D eigenvalue weighted by Crippen LogP contribution is -2.29. The van der Waals surface area contributed by atoms with Gasteiger partial charge in [0.1, 0.15) is 5.78 Å². The second-order valence-electron chi connectivity index (χ2n) is 4.25. The molecule has 1 aromatic carbocycles. The minimum Gasteiger partial charge on any atom is -0.469 e. The molecule has 0 aromatic heterocycles. The van der Waals surface area contributed by atoms with Gasteiger partial charge in [0.05, 0.1) is 25.0 Å². The predicted octanol–water partition coefficient (Wildman–Crippen LogP) is 0.796. The SMILES string of the molecule is COC(=O)CCC(=O)CNS(=O)(=O)c1ccc(C)cc1.